The third kappa shape index (κ3) is 7.77. The first kappa shape index (κ1) is 37.2. The molecule has 1 spiro atoms. The second-order valence-corrected chi connectivity index (χ2v) is 17.4. The molecule has 2 aliphatic carbocycles. The number of ether oxygens (including phenoxy) is 3. The van der Waals surface area contributed by atoms with Gasteiger partial charge in [0.2, 0.25) is 5.88 Å². The van der Waals surface area contributed by atoms with Gasteiger partial charge in [0.05, 0.1) is 37.9 Å². The van der Waals surface area contributed by atoms with Gasteiger partial charge in [-0.15, -0.1) is 16.0 Å². The predicted octanol–water partition coefficient (Wildman–Crippen LogP) is 6.70. The highest BCUT2D eigenvalue weighted by molar-refractivity contribution is 7.92. The lowest BCUT2D eigenvalue weighted by Crippen LogP contribution is -2.49. The summed E-state index contributed by atoms with van der Waals surface area (Å²) >= 11 is 6.47. The van der Waals surface area contributed by atoms with E-state index < -0.39 is 21.7 Å². The Morgan fingerprint density at radius 2 is 2.09 bits per heavy atom. The third-order valence-electron chi connectivity index (χ3n) is 11.1. The molecule has 1 fully saturated rings. The van der Waals surface area contributed by atoms with Crippen LogP contribution >= 0.6 is 11.6 Å². The van der Waals surface area contributed by atoms with Gasteiger partial charge in [-0.2, -0.15) is 0 Å². The lowest BCUT2D eigenvalue weighted by Gasteiger charge is -2.46. The van der Waals surface area contributed by atoms with Crippen molar-refractivity contribution in [3.8, 4) is 11.6 Å². The van der Waals surface area contributed by atoms with E-state index in [1.807, 2.05) is 25.1 Å². The molecule has 11 nitrogen and oxygen atoms in total. The van der Waals surface area contributed by atoms with Crippen LogP contribution in [0.25, 0.3) is 0 Å². The molecule has 1 N–H and O–H groups in total. The number of rotatable bonds is 6. The monoisotopic (exact) mass is 761 g/mol. The van der Waals surface area contributed by atoms with Crippen molar-refractivity contribution in [2.45, 2.75) is 57.0 Å². The van der Waals surface area contributed by atoms with Crippen LogP contribution in [0.2, 0.25) is 5.02 Å². The van der Waals surface area contributed by atoms with Crippen LogP contribution < -0.4 is 19.1 Å². The number of hydrogen-bond donors (Lipinski definition) is 1. The number of nitrogens with zero attached hydrogens (tertiary/aromatic N) is 4. The zero-order valence-corrected chi connectivity index (χ0v) is 32.2. The Morgan fingerprint density at radius 1 is 1.25 bits per heavy atom. The molecular formula is C40H48ClN5O6S. The smallest absolute Gasteiger partial charge is 0.286 e. The Labute approximate surface area is 317 Å². The molecule has 3 aromatic rings. The molecule has 53 heavy (non-hydrogen) atoms. The van der Waals surface area contributed by atoms with Crippen molar-refractivity contribution in [3.05, 3.63) is 94.7 Å². The maximum absolute atomic E-state index is 14.6. The molecule has 4 aliphatic rings. The number of aromatic nitrogens is 2. The van der Waals surface area contributed by atoms with Crippen LogP contribution in [0.15, 0.2) is 71.8 Å². The standard InChI is InChI=1S/C40H48ClN5O6S/c1-5-18-51-35-10-6-8-26(2)23-53(49,44-38(48)32-22-45(3)42-39(32)50-4)43-37(47)28-12-16-36-34(20-28)46(21-29-11-14-31(29)35)24-40(25-52-36)17-7-9-27-19-30(41)13-15-33(27)40/h5-6,10,12-13,15-16,19-20,22,26,29,31,35H,1,7-9,11,14,17-18,21,23-25H2,2-4H3,(H,43,44,47,48,49)/b10-6+/t26-,29-,31+,35-,40-,53?/m0/s1. The highest BCUT2D eigenvalue weighted by Gasteiger charge is 2.44. The SMILES string of the molecule is C=CCO[C@H]1/C=C/C[C@H](C)CS(=O)(NC(=O)c2cn(C)nc2OC)=NC(=O)c2ccc3c(c2)N(C[C@@H]2CC[C@H]21)C[C@@]1(CCCc2cc(Cl)ccc21)CO3. The first-order valence-corrected chi connectivity index (χ1v) is 20.4. The number of anilines is 1. The highest BCUT2D eigenvalue weighted by Crippen LogP contribution is 2.47. The fourth-order valence-corrected chi connectivity index (χ4v) is 10.5. The lowest BCUT2D eigenvalue weighted by molar-refractivity contribution is -0.00223. The molecule has 1 saturated carbocycles. The van der Waals surface area contributed by atoms with E-state index in [0.29, 0.717) is 37.8 Å². The predicted molar refractivity (Wildman–Crippen MR) is 206 cm³/mol. The van der Waals surface area contributed by atoms with Gasteiger partial charge in [0.1, 0.15) is 21.2 Å². The Morgan fingerprint density at radius 3 is 2.87 bits per heavy atom. The number of carbonyl (C=O) groups is 2. The fraction of sp³-hybridized carbons (Fsp3) is 0.475. The van der Waals surface area contributed by atoms with E-state index in [1.165, 1.54) is 29.1 Å². The van der Waals surface area contributed by atoms with E-state index in [-0.39, 0.29) is 46.1 Å². The molecule has 2 aromatic carbocycles. The molecule has 6 atom stereocenters. The topological polar surface area (TPSA) is 124 Å². The number of methoxy groups -OCH3 is 1. The van der Waals surface area contributed by atoms with E-state index >= 15 is 0 Å². The van der Waals surface area contributed by atoms with Gasteiger partial charge in [0, 0.05) is 42.3 Å². The van der Waals surface area contributed by atoms with Crippen molar-refractivity contribution in [2.24, 2.45) is 29.2 Å². The van der Waals surface area contributed by atoms with Crippen molar-refractivity contribution in [1.82, 2.24) is 14.5 Å². The van der Waals surface area contributed by atoms with Gasteiger partial charge >= 0.3 is 0 Å². The summed E-state index contributed by atoms with van der Waals surface area (Å²) in [6.07, 6.45) is 12.9. The van der Waals surface area contributed by atoms with E-state index in [2.05, 4.69) is 49.9 Å². The molecule has 0 radical (unpaired) electrons. The summed E-state index contributed by atoms with van der Waals surface area (Å²) in [6, 6.07) is 11.5. The number of benzene rings is 2. The molecule has 13 heteroatoms. The van der Waals surface area contributed by atoms with Crippen LogP contribution in [0.4, 0.5) is 5.69 Å². The summed E-state index contributed by atoms with van der Waals surface area (Å²) in [5, 5.41) is 4.88. The second-order valence-electron chi connectivity index (χ2n) is 15.0. The summed E-state index contributed by atoms with van der Waals surface area (Å²) < 4.78 is 41.3. The average molecular weight is 762 g/mol. The van der Waals surface area contributed by atoms with Crippen LogP contribution in [-0.2, 0) is 33.5 Å². The molecule has 3 heterocycles. The van der Waals surface area contributed by atoms with E-state index in [0.717, 1.165) is 49.4 Å². The average Bonchev–Trinajstić information content (AvgIpc) is 3.43. The van der Waals surface area contributed by atoms with Crippen LogP contribution in [-0.4, -0.2) is 71.1 Å². The first-order chi connectivity index (χ1) is 25.5. The molecular weight excluding hydrogens is 714 g/mol. The quantitative estimate of drug-likeness (QED) is 0.276. The fourth-order valence-electron chi connectivity index (χ4n) is 8.45. The van der Waals surface area contributed by atoms with Gasteiger partial charge in [-0.1, -0.05) is 42.8 Å². The highest BCUT2D eigenvalue weighted by atomic mass is 35.5. The van der Waals surface area contributed by atoms with Crippen molar-refractivity contribution >= 4 is 39.0 Å². The Kier molecular flexibility index (Phi) is 10.7. The minimum absolute atomic E-state index is 0.0479. The molecule has 2 amide bonds. The van der Waals surface area contributed by atoms with Crippen LogP contribution in [0.3, 0.4) is 0 Å². The van der Waals surface area contributed by atoms with E-state index in [1.54, 1.807) is 19.2 Å². The number of nitrogens with one attached hydrogen (secondary N) is 1. The number of carbonyl (C=O) groups excluding carboxylic acids is 2. The van der Waals surface area contributed by atoms with Crippen molar-refractivity contribution in [3.63, 3.8) is 0 Å². The summed E-state index contributed by atoms with van der Waals surface area (Å²) in [5.74, 6) is -0.222. The molecule has 2 aliphatic heterocycles. The zero-order valence-electron chi connectivity index (χ0n) is 30.6. The van der Waals surface area contributed by atoms with Gasteiger partial charge in [-0.25, -0.2) is 4.21 Å². The van der Waals surface area contributed by atoms with E-state index in [4.69, 9.17) is 25.8 Å². The van der Waals surface area contributed by atoms with Crippen LogP contribution in [0.5, 0.6) is 11.6 Å². The summed E-state index contributed by atoms with van der Waals surface area (Å²) in [6.45, 7) is 8.17. The maximum atomic E-state index is 14.6. The number of hydrogen-bond acceptors (Lipinski definition) is 8. The molecule has 282 valence electrons. The second kappa shape index (κ2) is 15.3. The van der Waals surface area contributed by atoms with Crippen molar-refractivity contribution in [1.29, 1.82) is 0 Å². The number of allylic oxidation sites excluding steroid dienone is 1. The Hall–Kier alpha value is -4.13. The Balaban J connectivity index is 1.31. The third-order valence-corrected chi connectivity index (χ3v) is 13.4. The van der Waals surface area contributed by atoms with Crippen molar-refractivity contribution < 1.29 is 28.0 Å². The number of halogens is 1. The summed E-state index contributed by atoms with van der Waals surface area (Å²) in [5.41, 5.74) is 3.38. The molecule has 2 bridgehead atoms. The normalized spacial score (nSPS) is 29.0. The molecule has 0 saturated heterocycles. The van der Waals surface area contributed by atoms with Gasteiger partial charge in [-0.3, -0.25) is 19.0 Å². The molecule has 1 unspecified atom stereocenters. The van der Waals surface area contributed by atoms with Crippen LogP contribution in [0.1, 0.15) is 70.9 Å². The minimum Gasteiger partial charge on any atom is -0.490 e. The van der Waals surface area contributed by atoms with E-state index in [9.17, 15) is 13.8 Å². The minimum atomic E-state index is -3.62. The Bertz CT molecular complexity index is 2060. The van der Waals surface area contributed by atoms with Gasteiger partial charge in [0.25, 0.3) is 11.8 Å². The number of amides is 2. The maximum Gasteiger partial charge on any atom is 0.286 e. The number of aryl methyl sites for hydroxylation is 2. The zero-order chi connectivity index (χ0) is 37.3. The van der Waals surface area contributed by atoms with Gasteiger partial charge < -0.3 is 19.1 Å². The molecule has 1 aromatic heterocycles. The largest absolute Gasteiger partial charge is 0.490 e. The van der Waals surface area contributed by atoms with Gasteiger partial charge in [0.15, 0.2) is 0 Å². The van der Waals surface area contributed by atoms with Crippen LogP contribution in [0, 0.1) is 17.8 Å². The van der Waals surface area contributed by atoms with Gasteiger partial charge in [-0.05, 0) is 97.7 Å². The van der Waals surface area contributed by atoms with Crippen molar-refractivity contribution in [2.75, 3.05) is 44.1 Å². The molecule has 7 rings (SSSR count). The summed E-state index contributed by atoms with van der Waals surface area (Å²) in [4.78, 5) is 30.0. The first-order valence-electron chi connectivity index (χ1n) is 18.4. The summed E-state index contributed by atoms with van der Waals surface area (Å²) in [7, 11) is -0.557. The lowest BCUT2D eigenvalue weighted by atomic mass is 9.68. The number of fused-ring (bicyclic) bond motifs is 4.